The van der Waals surface area contributed by atoms with Gasteiger partial charge in [-0.1, -0.05) is 18.5 Å². The summed E-state index contributed by atoms with van der Waals surface area (Å²) in [6, 6.07) is 1.46. The van der Waals surface area contributed by atoms with Crippen molar-refractivity contribution in [3.8, 4) is 0 Å². The van der Waals surface area contributed by atoms with E-state index in [1.165, 1.54) is 25.3 Å². The lowest BCUT2D eigenvalue weighted by molar-refractivity contribution is 0.0685. The molecule has 0 radical (unpaired) electrons. The molecule has 1 heterocycles. The molecule has 0 aliphatic heterocycles. The summed E-state index contributed by atoms with van der Waals surface area (Å²) in [7, 11) is 0. The van der Waals surface area contributed by atoms with Crippen molar-refractivity contribution in [2.24, 2.45) is 5.41 Å². The average molecular weight is 224 g/mol. The molecule has 1 aromatic heterocycles. The van der Waals surface area contributed by atoms with Crippen LogP contribution in [0, 0.1) is 5.41 Å². The van der Waals surface area contributed by atoms with Gasteiger partial charge in [-0.25, -0.2) is 4.79 Å². The summed E-state index contributed by atoms with van der Waals surface area (Å²) >= 11 is 0. The Morgan fingerprint density at radius 1 is 1.69 bits per heavy atom. The molecule has 1 aliphatic rings. The Kier molecular flexibility index (Phi) is 2.96. The lowest BCUT2D eigenvalue weighted by Gasteiger charge is -2.38. The summed E-state index contributed by atoms with van der Waals surface area (Å²) in [6.45, 7) is 3.73. The highest BCUT2D eigenvalue weighted by atomic mass is 16.5. The molecule has 0 aromatic carbocycles. The van der Waals surface area contributed by atoms with Gasteiger partial charge in [0, 0.05) is 12.6 Å². The Balaban J connectivity index is 1.78. The number of carbonyl (C=O) groups is 1. The molecule has 16 heavy (non-hydrogen) atoms. The van der Waals surface area contributed by atoms with Crippen LogP contribution in [-0.2, 0) is 6.54 Å². The molecule has 0 unspecified atom stereocenters. The largest absolute Gasteiger partial charge is 0.476 e. The van der Waals surface area contributed by atoms with Gasteiger partial charge < -0.3 is 14.9 Å². The number of carboxylic acid groups (broad SMARTS) is 1. The van der Waals surface area contributed by atoms with E-state index in [1.54, 1.807) is 0 Å². The van der Waals surface area contributed by atoms with Gasteiger partial charge in [0.15, 0.2) is 11.5 Å². The van der Waals surface area contributed by atoms with Crippen LogP contribution in [0.15, 0.2) is 10.6 Å². The van der Waals surface area contributed by atoms with Gasteiger partial charge in [-0.2, -0.15) is 0 Å². The standard InChI is InChI=1S/C11H16N2O3/c1-11(3-2-4-11)7-12-6-8-5-9(10(14)15)13-16-8/h5,12H,2-4,6-7H2,1H3,(H,14,15). The predicted octanol–water partition coefficient (Wildman–Crippen LogP) is 1.65. The zero-order valence-electron chi connectivity index (χ0n) is 9.32. The lowest BCUT2D eigenvalue weighted by atomic mass is 9.70. The first-order valence-corrected chi connectivity index (χ1v) is 5.49. The average Bonchev–Trinajstić information content (AvgIpc) is 2.64. The second kappa shape index (κ2) is 4.25. The van der Waals surface area contributed by atoms with Crippen molar-refractivity contribution < 1.29 is 14.4 Å². The van der Waals surface area contributed by atoms with Gasteiger partial charge in [0.1, 0.15) is 0 Å². The molecular formula is C11H16N2O3. The van der Waals surface area contributed by atoms with Crippen LogP contribution in [0.4, 0.5) is 0 Å². The monoisotopic (exact) mass is 224 g/mol. The van der Waals surface area contributed by atoms with Gasteiger partial charge in [-0.05, 0) is 18.3 Å². The number of carboxylic acids is 1. The molecular weight excluding hydrogens is 208 g/mol. The highest BCUT2D eigenvalue weighted by molar-refractivity contribution is 5.85. The Labute approximate surface area is 93.8 Å². The first kappa shape index (κ1) is 11.1. The first-order chi connectivity index (χ1) is 7.59. The van der Waals surface area contributed by atoms with Gasteiger partial charge in [0.2, 0.25) is 0 Å². The highest BCUT2D eigenvalue weighted by Crippen LogP contribution is 2.39. The summed E-state index contributed by atoms with van der Waals surface area (Å²) in [5.74, 6) is -0.485. The summed E-state index contributed by atoms with van der Waals surface area (Å²) < 4.78 is 4.90. The van der Waals surface area contributed by atoms with E-state index in [2.05, 4.69) is 17.4 Å². The fourth-order valence-electron chi connectivity index (χ4n) is 1.94. The molecule has 1 aliphatic carbocycles. The quantitative estimate of drug-likeness (QED) is 0.795. The number of nitrogens with zero attached hydrogens (tertiary/aromatic N) is 1. The SMILES string of the molecule is CC1(CNCc2cc(C(=O)O)no2)CCC1. The summed E-state index contributed by atoms with van der Waals surface area (Å²) in [4.78, 5) is 10.6. The van der Waals surface area contributed by atoms with Crippen LogP contribution in [0.3, 0.4) is 0 Å². The van der Waals surface area contributed by atoms with Gasteiger partial charge in [-0.15, -0.1) is 0 Å². The van der Waals surface area contributed by atoms with Crippen LogP contribution in [0.25, 0.3) is 0 Å². The van der Waals surface area contributed by atoms with Crippen LogP contribution in [-0.4, -0.2) is 22.8 Å². The second-order valence-corrected chi connectivity index (χ2v) is 4.75. The van der Waals surface area contributed by atoms with Crippen LogP contribution >= 0.6 is 0 Å². The Hall–Kier alpha value is -1.36. The van der Waals surface area contributed by atoms with E-state index >= 15 is 0 Å². The lowest BCUT2D eigenvalue weighted by Crippen LogP contribution is -2.36. The Morgan fingerprint density at radius 2 is 2.44 bits per heavy atom. The predicted molar refractivity (Wildman–Crippen MR) is 57.1 cm³/mol. The third-order valence-electron chi connectivity index (χ3n) is 3.19. The molecule has 1 aromatic rings. The number of hydrogen-bond donors (Lipinski definition) is 2. The van der Waals surface area contributed by atoms with Gasteiger partial charge in [0.05, 0.1) is 6.54 Å². The van der Waals surface area contributed by atoms with Crippen molar-refractivity contribution >= 4 is 5.97 Å². The third-order valence-corrected chi connectivity index (χ3v) is 3.19. The van der Waals surface area contributed by atoms with Crippen molar-refractivity contribution in [1.29, 1.82) is 0 Å². The zero-order chi connectivity index (χ0) is 11.6. The Bertz CT molecular complexity index is 382. The Morgan fingerprint density at radius 3 is 2.94 bits per heavy atom. The van der Waals surface area contributed by atoms with E-state index in [9.17, 15) is 4.79 Å². The molecule has 0 bridgehead atoms. The van der Waals surface area contributed by atoms with Crippen molar-refractivity contribution in [3.05, 3.63) is 17.5 Å². The molecule has 1 fully saturated rings. The van der Waals surface area contributed by atoms with Crippen molar-refractivity contribution in [2.75, 3.05) is 6.54 Å². The topological polar surface area (TPSA) is 75.4 Å². The van der Waals surface area contributed by atoms with E-state index in [0.29, 0.717) is 17.7 Å². The molecule has 0 spiro atoms. The fourth-order valence-corrected chi connectivity index (χ4v) is 1.94. The number of rotatable bonds is 5. The van der Waals surface area contributed by atoms with E-state index in [1.807, 2.05) is 0 Å². The van der Waals surface area contributed by atoms with Crippen molar-refractivity contribution in [1.82, 2.24) is 10.5 Å². The number of hydrogen-bond acceptors (Lipinski definition) is 4. The van der Waals surface area contributed by atoms with Crippen molar-refractivity contribution in [2.45, 2.75) is 32.7 Å². The molecule has 0 amide bonds. The van der Waals surface area contributed by atoms with Crippen LogP contribution < -0.4 is 5.32 Å². The highest BCUT2D eigenvalue weighted by Gasteiger charge is 2.31. The third kappa shape index (κ3) is 2.41. The maximum atomic E-state index is 10.6. The molecule has 1 saturated carbocycles. The minimum absolute atomic E-state index is 0.0355. The van der Waals surface area contributed by atoms with E-state index in [0.717, 1.165) is 6.54 Å². The molecule has 5 nitrogen and oxygen atoms in total. The van der Waals surface area contributed by atoms with Crippen LogP contribution in [0.1, 0.15) is 42.4 Å². The minimum atomic E-state index is -1.05. The second-order valence-electron chi connectivity index (χ2n) is 4.75. The number of nitrogens with one attached hydrogen (secondary N) is 1. The van der Waals surface area contributed by atoms with Gasteiger partial charge in [-0.3, -0.25) is 0 Å². The van der Waals surface area contributed by atoms with E-state index in [-0.39, 0.29) is 5.69 Å². The van der Waals surface area contributed by atoms with Gasteiger partial charge >= 0.3 is 5.97 Å². The smallest absolute Gasteiger partial charge is 0.358 e. The molecule has 88 valence electrons. The summed E-state index contributed by atoms with van der Waals surface area (Å²) in [5, 5.41) is 15.4. The summed E-state index contributed by atoms with van der Waals surface area (Å²) in [6.07, 6.45) is 3.83. The molecule has 0 atom stereocenters. The zero-order valence-corrected chi connectivity index (χ0v) is 9.32. The van der Waals surface area contributed by atoms with E-state index < -0.39 is 5.97 Å². The van der Waals surface area contributed by atoms with E-state index in [4.69, 9.17) is 9.63 Å². The number of aromatic nitrogens is 1. The fraction of sp³-hybridized carbons (Fsp3) is 0.636. The maximum Gasteiger partial charge on any atom is 0.358 e. The minimum Gasteiger partial charge on any atom is -0.476 e. The first-order valence-electron chi connectivity index (χ1n) is 5.49. The molecule has 2 N–H and O–H groups in total. The van der Waals surface area contributed by atoms with Gasteiger partial charge in [0.25, 0.3) is 0 Å². The molecule has 5 heteroatoms. The molecule has 0 saturated heterocycles. The maximum absolute atomic E-state index is 10.6. The molecule has 2 rings (SSSR count). The normalized spacial score (nSPS) is 18.1. The van der Waals surface area contributed by atoms with Crippen LogP contribution in [0.5, 0.6) is 0 Å². The van der Waals surface area contributed by atoms with Crippen molar-refractivity contribution in [3.63, 3.8) is 0 Å². The summed E-state index contributed by atoms with van der Waals surface area (Å²) in [5.41, 5.74) is 0.377. The van der Waals surface area contributed by atoms with Crippen LogP contribution in [0.2, 0.25) is 0 Å². The number of aromatic carboxylic acids is 1.